The third kappa shape index (κ3) is 2.10. The highest BCUT2D eigenvalue weighted by atomic mass is 16.4. The molecule has 1 aromatic carbocycles. The highest BCUT2D eigenvalue weighted by Gasteiger charge is 2.10. The maximum atomic E-state index is 10.5. The summed E-state index contributed by atoms with van der Waals surface area (Å²) in [5.74, 6) is -1.28. The monoisotopic (exact) mass is 194 g/mol. The number of benzene rings is 1. The lowest BCUT2D eigenvalue weighted by Gasteiger charge is -2.05. The van der Waals surface area contributed by atoms with Crippen molar-refractivity contribution in [2.75, 3.05) is 0 Å². The summed E-state index contributed by atoms with van der Waals surface area (Å²) < 4.78 is 0. The third-order valence-corrected chi connectivity index (χ3v) is 1.83. The molecule has 0 aliphatic heterocycles. The van der Waals surface area contributed by atoms with E-state index in [4.69, 9.17) is 5.11 Å². The summed E-state index contributed by atoms with van der Waals surface area (Å²) in [6.07, 6.45) is 0.224. The van der Waals surface area contributed by atoms with E-state index in [0.29, 0.717) is 6.29 Å². The van der Waals surface area contributed by atoms with Gasteiger partial charge in [-0.15, -0.1) is 0 Å². The summed E-state index contributed by atoms with van der Waals surface area (Å²) in [7, 11) is 0. The van der Waals surface area contributed by atoms with Crippen molar-refractivity contribution in [3.05, 3.63) is 28.8 Å². The predicted molar refractivity (Wildman–Crippen MR) is 49.6 cm³/mol. The summed E-state index contributed by atoms with van der Waals surface area (Å²) in [5.41, 5.74) is 1.14. The number of carboxylic acids is 1. The Kier molecular flexibility index (Phi) is 2.86. The Morgan fingerprint density at radius 1 is 1.50 bits per heavy atom. The zero-order chi connectivity index (χ0) is 10.7. The maximum absolute atomic E-state index is 10.5. The van der Waals surface area contributed by atoms with Gasteiger partial charge < -0.3 is 10.2 Å². The van der Waals surface area contributed by atoms with Gasteiger partial charge in [0.2, 0.25) is 0 Å². The van der Waals surface area contributed by atoms with E-state index in [1.54, 1.807) is 13.0 Å². The largest absolute Gasteiger partial charge is 0.507 e. The van der Waals surface area contributed by atoms with E-state index in [1.165, 1.54) is 6.07 Å². The summed E-state index contributed by atoms with van der Waals surface area (Å²) in [6.45, 7) is 1.73. The molecule has 0 heterocycles. The lowest BCUT2D eigenvalue weighted by molar-refractivity contribution is -0.136. The molecule has 0 radical (unpaired) electrons. The van der Waals surface area contributed by atoms with E-state index in [-0.39, 0.29) is 23.3 Å². The van der Waals surface area contributed by atoms with Crippen LogP contribution in [0.15, 0.2) is 12.1 Å². The molecule has 0 saturated heterocycles. The van der Waals surface area contributed by atoms with Crippen LogP contribution >= 0.6 is 0 Å². The van der Waals surface area contributed by atoms with E-state index in [0.717, 1.165) is 5.56 Å². The number of carboxylic acid groups (broad SMARTS) is 1. The number of carbonyl (C=O) groups excluding carboxylic acids is 1. The van der Waals surface area contributed by atoms with Crippen LogP contribution in [0.5, 0.6) is 5.75 Å². The Morgan fingerprint density at radius 2 is 2.14 bits per heavy atom. The number of carbonyl (C=O) groups is 2. The molecule has 0 saturated carbocycles. The first-order valence-corrected chi connectivity index (χ1v) is 4.04. The molecular weight excluding hydrogens is 184 g/mol. The van der Waals surface area contributed by atoms with Gasteiger partial charge in [0.15, 0.2) is 6.29 Å². The Bertz CT molecular complexity index is 382. The van der Waals surface area contributed by atoms with Gasteiger partial charge in [-0.3, -0.25) is 9.59 Å². The molecule has 0 atom stereocenters. The second-order valence-electron chi connectivity index (χ2n) is 3.05. The van der Waals surface area contributed by atoms with E-state index in [2.05, 4.69) is 0 Å². The molecule has 0 amide bonds. The number of aldehydes is 1. The number of hydrogen-bond donors (Lipinski definition) is 2. The number of hydrogen-bond acceptors (Lipinski definition) is 3. The SMILES string of the molecule is Cc1cc(C=O)c(O)c(CC(=O)O)c1. The average molecular weight is 194 g/mol. The molecule has 0 unspecified atom stereocenters. The van der Waals surface area contributed by atoms with Crippen LogP contribution in [0.4, 0.5) is 0 Å². The highest BCUT2D eigenvalue weighted by Crippen LogP contribution is 2.23. The smallest absolute Gasteiger partial charge is 0.307 e. The molecule has 0 aliphatic rings. The van der Waals surface area contributed by atoms with E-state index in [9.17, 15) is 14.7 Å². The zero-order valence-electron chi connectivity index (χ0n) is 7.65. The van der Waals surface area contributed by atoms with Gasteiger partial charge in [-0.1, -0.05) is 6.07 Å². The fourth-order valence-corrected chi connectivity index (χ4v) is 1.27. The molecule has 4 heteroatoms. The topological polar surface area (TPSA) is 74.6 Å². The van der Waals surface area contributed by atoms with Gasteiger partial charge in [0.1, 0.15) is 5.75 Å². The van der Waals surface area contributed by atoms with Crippen LogP contribution in [0, 0.1) is 6.92 Å². The van der Waals surface area contributed by atoms with Crippen LogP contribution in [0.1, 0.15) is 21.5 Å². The van der Waals surface area contributed by atoms with Crippen LogP contribution in [-0.2, 0) is 11.2 Å². The summed E-state index contributed by atoms with van der Waals surface area (Å²) >= 11 is 0. The van der Waals surface area contributed by atoms with Crippen molar-refractivity contribution < 1.29 is 19.8 Å². The second kappa shape index (κ2) is 3.91. The van der Waals surface area contributed by atoms with Crippen LogP contribution in [0.2, 0.25) is 0 Å². The normalized spacial score (nSPS) is 9.79. The second-order valence-corrected chi connectivity index (χ2v) is 3.05. The van der Waals surface area contributed by atoms with Crippen molar-refractivity contribution in [2.45, 2.75) is 13.3 Å². The minimum Gasteiger partial charge on any atom is -0.507 e. The van der Waals surface area contributed by atoms with E-state index in [1.807, 2.05) is 0 Å². The first-order chi connectivity index (χ1) is 6.54. The summed E-state index contributed by atoms with van der Waals surface area (Å²) in [5, 5.41) is 18.0. The Balaban J connectivity index is 3.21. The summed E-state index contributed by atoms with van der Waals surface area (Å²) in [6, 6.07) is 3.06. The van der Waals surface area contributed by atoms with Crippen molar-refractivity contribution >= 4 is 12.3 Å². The quantitative estimate of drug-likeness (QED) is 0.707. The number of aliphatic carboxylic acids is 1. The lowest BCUT2D eigenvalue weighted by atomic mass is 10.0. The van der Waals surface area contributed by atoms with Crippen molar-refractivity contribution in [3.63, 3.8) is 0 Å². The molecule has 0 aliphatic carbocycles. The molecular formula is C10H10O4. The molecule has 0 bridgehead atoms. The first-order valence-electron chi connectivity index (χ1n) is 4.04. The zero-order valence-corrected chi connectivity index (χ0v) is 7.65. The van der Waals surface area contributed by atoms with Gasteiger partial charge in [-0.25, -0.2) is 0 Å². The van der Waals surface area contributed by atoms with Gasteiger partial charge in [0, 0.05) is 5.56 Å². The molecule has 14 heavy (non-hydrogen) atoms. The fraction of sp³-hybridized carbons (Fsp3) is 0.200. The third-order valence-electron chi connectivity index (χ3n) is 1.83. The molecule has 0 spiro atoms. The van der Waals surface area contributed by atoms with Gasteiger partial charge >= 0.3 is 5.97 Å². The Hall–Kier alpha value is -1.84. The highest BCUT2D eigenvalue weighted by molar-refractivity contribution is 5.82. The van der Waals surface area contributed by atoms with Gasteiger partial charge in [0.25, 0.3) is 0 Å². The van der Waals surface area contributed by atoms with Crippen LogP contribution in [0.3, 0.4) is 0 Å². The maximum Gasteiger partial charge on any atom is 0.307 e. The number of rotatable bonds is 3. The summed E-state index contributed by atoms with van der Waals surface area (Å²) in [4.78, 5) is 20.9. The van der Waals surface area contributed by atoms with Crippen molar-refractivity contribution in [1.29, 1.82) is 0 Å². The van der Waals surface area contributed by atoms with E-state index < -0.39 is 5.97 Å². The number of phenols is 1. The number of aryl methyl sites for hydroxylation is 1. The molecule has 0 aromatic heterocycles. The number of phenolic OH excluding ortho intramolecular Hbond substituents is 1. The van der Waals surface area contributed by atoms with Gasteiger partial charge in [0.05, 0.1) is 12.0 Å². The number of aromatic hydroxyl groups is 1. The van der Waals surface area contributed by atoms with Gasteiger partial charge in [-0.2, -0.15) is 0 Å². The fourth-order valence-electron chi connectivity index (χ4n) is 1.27. The molecule has 4 nitrogen and oxygen atoms in total. The lowest BCUT2D eigenvalue weighted by Crippen LogP contribution is -2.02. The van der Waals surface area contributed by atoms with Crippen molar-refractivity contribution in [3.8, 4) is 5.75 Å². The van der Waals surface area contributed by atoms with Crippen LogP contribution in [0.25, 0.3) is 0 Å². The minimum absolute atomic E-state index is 0.126. The molecule has 0 fully saturated rings. The molecule has 74 valence electrons. The first kappa shape index (κ1) is 10.2. The Morgan fingerprint density at radius 3 is 2.64 bits per heavy atom. The van der Waals surface area contributed by atoms with Crippen molar-refractivity contribution in [1.82, 2.24) is 0 Å². The minimum atomic E-state index is -1.04. The van der Waals surface area contributed by atoms with Gasteiger partial charge in [-0.05, 0) is 18.6 Å². The molecule has 1 aromatic rings. The van der Waals surface area contributed by atoms with E-state index >= 15 is 0 Å². The van der Waals surface area contributed by atoms with Crippen LogP contribution < -0.4 is 0 Å². The van der Waals surface area contributed by atoms with Crippen LogP contribution in [-0.4, -0.2) is 22.5 Å². The van der Waals surface area contributed by atoms with Crippen molar-refractivity contribution in [2.24, 2.45) is 0 Å². The standard InChI is InChI=1S/C10H10O4/c1-6-2-7(4-9(12)13)10(14)8(3-6)5-11/h2-3,5,14H,4H2,1H3,(H,12,13). The molecule has 1 rings (SSSR count). The predicted octanol–water partition coefficient (Wildman–Crippen LogP) is 1.14. The molecule has 2 N–H and O–H groups in total. The average Bonchev–Trinajstić information content (AvgIpc) is 2.09. The Labute approximate surface area is 80.8 Å².